The number of anilines is 2. The van der Waals surface area contributed by atoms with Crippen LogP contribution in [0.5, 0.6) is 0 Å². The predicted molar refractivity (Wildman–Crippen MR) is 115 cm³/mol. The normalized spacial score (nSPS) is 16.5. The third-order valence-corrected chi connectivity index (χ3v) is 5.45. The summed E-state index contributed by atoms with van der Waals surface area (Å²) in [7, 11) is 1.74. The van der Waals surface area contributed by atoms with Gasteiger partial charge in [0.1, 0.15) is 0 Å². The van der Waals surface area contributed by atoms with Crippen LogP contribution in [-0.2, 0) is 7.05 Å². The van der Waals surface area contributed by atoms with Crippen LogP contribution in [-0.4, -0.2) is 51.3 Å². The number of carboxylic acids is 1. The fourth-order valence-corrected chi connectivity index (χ4v) is 3.76. The van der Waals surface area contributed by atoms with Crippen LogP contribution >= 0.6 is 0 Å². The van der Waals surface area contributed by atoms with Crippen molar-refractivity contribution >= 4 is 17.6 Å². The maximum absolute atomic E-state index is 12.6. The Morgan fingerprint density at radius 2 is 1.80 bits per heavy atom. The summed E-state index contributed by atoms with van der Waals surface area (Å²) in [6.45, 7) is 4.28. The van der Waals surface area contributed by atoms with Crippen molar-refractivity contribution in [3.63, 3.8) is 0 Å². The maximum Gasteiger partial charge on any atom is 0.335 e. The Kier molecular flexibility index (Phi) is 5.22. The van der Waals surface area contributed by atoms with E-state index in [-0.39, 0.29) is 17.2 Å². The highest BCUT2D eigenvalue weighted by atomic mass is 16.4. The minimum atomic E-state index is -0.930. The molecule has 1 saturated heterocycles. The van der Waals surface area contributed by atoms with Crippen molar-refractivity contribution in [2.45, 2.75) is 13.0 Å². The van der Waals surface area contributed by atoms with Gasteiger partial charge < -0.3 is 14.9 Å². The zero-order valence-corrected chi connectivity index (χ0v) is 16.9. The van der Waals surface area contributed by atoms with Gasteiger partial charge >= 0.3 is 5.97 Å². The number of hydrogen-bond donors (Lipinski definition) is 1. The molecule has 0 saturated carbocycles. The van der Waals surface area contributed by atoms with Crippen LogP contribution < -0.4 is 15.4 Å². The van der Waals surface area contributed by atoms with Crippen LogP contribution in [0.1, 0.15) is 17.3 Å². The summed E-state index contributed by atoms with van der Waals surface area (Å²) in [6.07, 6.45) is 3.37. The van der Waals surface area contributed by atoms with Gasteiger partial charge in [0.2, 0.25) is 5.95 Å². The molecule has 4 rings (SSSR count). The monoisotopic (exact) mass is 405 g/mol. The summed E-state index contributed by atoms with van der Waals surface area (Å²) < 4.78 is 1.58. The van der Waals surface area contributed by atoms with Gasteiger partial charge in [0.05, 0.1) is 11.3 Å². The largest absolute Gasteiger partial charge is 0.478 e. The lowest BCUT2D eigenvalue weighted by Gasteiger charge is -2.42. The summed E-state index contributed by atoms with van der Waals surface area (Å²) >= 11 is 0. The molecule has 30 heavy (non-hydrogen) atoms. The topological polar surface area (TPSA) is 91.6 Å². The molecule has 0 unspecified atom stereocenters. The Morgan fingerprint density at radius 3 is 2.43 bits per heavy atom. The second-order valence-electron chi connectivity index (χ2n) is 7.41. The number of carbonyl (C=O) groups is 1. The Bertz CT molecular complexity index is 1110. The SMILES string of the molecule is C[C@@H]1CN(c2ccc(C(=O)O)cc2)CCN1c1nc(-c2ccncc2)cc(=O)n1C. The van der Waals surface area contributed by atoms with Crippen LogP contribution in [0.25, 0.3) is 11.3 Å². The highest BCUT2D eigenvalue weighted by Crippen LogP contribution is 2.24. The Labute approximate surface area is 174 Å². The number of benzene rings is 1. The summed E-state index contributed by atoms with van der Waals surface area (Å²) in [6, 6.07) is 12.3. The molecule has 2 aromatic heterocycles. The molecule has 1 aliphatic rings. The molecule has 3 heterocycles. The van der Waals surface area contributed by atoms with Gasteiger partial charge in [-0.2, -0.15) is 0 Å². The number of aromatic carboxylic acids is 1. The lowest BCUT2D eigenvalue weighted by atomic mass is 10.1. The van der Waals surface area contributed by atoms with E-state index in [1.165, 1.54) is 0 Å². The van der Waals surface area contributed by atoms with Crippen molar-refractivity contribution in [3.05, 3.63) is 70.8 Å². The van der Waals surface area contributed by atoms with E-state index in [4.69, 9.17) is 10.1 Å². The predicted octanol–water partition coefficient (Wildman–Crippen LogP) is 2.26. The minimum Gasteiger partial charge on any atom is -0.478 e. The van der Waals surface area contributed by atoms with E-state index in [9.17, 15) is 9.59 Å². The zero-order chi connectivity index (χ0) is 21.3. The highest BCUT2D eigenvalue weighted by Gasteiger charge is 2.27. The van der Waals surface area contributed by atoms with Crippen LogP contribution in [0, 0.1) is 0 Å². The smallest absolute Gasteiger partial charge is 0.335 e. The summed E-state index contributed by atoms with van der Waals surface area (Å²) in [5, 5.41) is 9.08. The third-order valence-electron chi connectivity index (χ3n) is 5.45. The molecule has 1 aromatic carbocycles. The van der Waals surface area contributed by atoms with Crippen molar-refractivity contribution in [1.29, 1.82) is 0 Å². The van der Waals surface area contributed by atoms with Crippen molar-refractivity contribution in [3.8, 4) is 11.3 Å². The van der Waals surface area contributed by atoms with Gasteiger partial charge in [-0.05, 0) is 43.3 Å². The van der Waals surface area contributed by atoms with Crippen LogP contribution in [0.4, 0.5) is 11.6 Å². The summed E-state index contributed by atoms with van der Waals surface area (Å²) in [5.41, 5.74) is 2.64. The van der Waals surface area contributed by atoms with Gasteiger partial charge in [-0.25, -0.2) is 9.78 Å². The average molecular weight is 405 g/mol. The molecule has 1 aliphatic heterocycles. The van der Waals surface area contributed by atoms with Gasteiger partial charge in [-0.3, -0.25) is 14.3 Å². The fourth-order valence-electron chi connectivity index (χ4n) is 3.76. The standard InChI is InChI=1S/C22H23N5O3/c1-15-14-26(18-5-3-17(4-6-18)21(29)30)11-12-27(15)22-24-19(13-20(28)25(22)2)16-7-9-23-10-8-16/h3-10,13,15H,11-12,14H2,1-2H3,(H,29,30)/t15-/m1/s1. The molecule has 3 aromatic rings. The number of carboxylic acid groups (broad SMARTS) is 1. The molecule has 8 heteroatoms. The Hall–Kier alpha value is -3.68. The first kappa shape index (κ1) is 19.6. The number of nitrogens with zero attached hydrogens (tertiary/aromatic N) is 5. The molecule has 1 fully saturated rings. The van der Waals surface area contributed by atoms with Crippen LogP contribution in [0.2, 0.25) is 0 Å². The van der Waals surface area contributed by atoms with Gasteiger partial charge in [0, 0.05) is 62.4 Å². The average Bonchev–Trinajstić information content (AvgIpc) is 2.76. The second-order valence-corrected chi connectivity index (χ2v) is 7.41. The number of pyridine rings is 1. The molecule has 0 spiro atoms. The molecule has 0 bridgehead atoms. The molecule has 154 valence electrons. The molecular weight excluding hydrogens is 382 g/mol. The van der Waals surface area contributed by atoms with E-state index >= 15 is 0 Å². The first-order chi connectivity index (χ1) is 14.4. The number of rotatable bonds is 4. The Morgan fingerprint density at radius 1 is 1.10 bits per heavy atom. The van der Waals surface area contributed by atoms with Crippen molar-refractivity contribution in [2.75, 3.05) is 29.4 Å². The van der Waals surface area contributed by atoms with Gasteiger partial charge in [0.25, 0.3) is 5.56 Å². The van der Waals surface area contributed by atoms with E-state index in [1.54, 1.807) is 42.2 Å². The molecule has 0 aliphatic carbocycles. The zero-order valence-electron chi connectivity index (χ0n) is 16.9. The molecular formula is C22H23N5O3. The molecule has 0 radical (unpaired) electrons. The first-order valence-electron chi connectivity index (χ1n) is 9.77. The van der Waals surface area contributed by atoms with Gasteiger partial charge in [-0.1, -0.05) is 0 Å². The van der Waals surface area contributed by atoms with Gasteiger partial charge in [0.15, 0.2) is 0 Å². The highest BCUT2D eigenvalue weighted by molar-refractivity contribution is 5.88. The lowest BCUT2D eigenvalue weighted by molar-refractivity contribution is 0.0697. The number of aromatic nitrogens is 3. The third kappa shape index (κ3) is 3.76. The quantitative estimate of drug-likeness (QED) is 0.712. The van der Waals surface area contributed by atoms with Crippen LogP contribution in [0.15, 0.2) is 59.7 Å². The van der Waals surface area contributed by atoms with E-state index in [2.05, 4.69) is 21.7 Å². The van der Waals surface area contributed by atoms with Gasteiger partial charge in [-0.15, -0.1) is 0 Å². The molecule has 0 amide bonds. The summed E-state index contributed by atoms with van der Waals surface area (Å²) in [5.74, 6) is -0.288. The number of piperazine rings is 1. The number of hydrogen-bond acceptors (Lipinski definition) is 6. The lowest BCUT2D eigenvalue weighted by Crippen LogP contribution is -2.53. The molecule has 8 nitrogen and oxygen atoms in total. The second kappa shape index (κ2) is 7.98. The minimum absolute atomic E-state index is 0.106. The van der Waals surface area contributed by atoms with E-state index in [0.717, 1.165) is 24.3 Å². The van der Waals surface area contributed by atoms with Crippen LogP contribution in [0.3, 0.4) is 0 Å². The Balaban J connectivity index is 1.58. The fraction of sp³-hybridized carbons (Fsp3) is 0.273. The summed E-state index contributed by atoms with van der Waals surface area (Å²) in [4.78, 5) is 36.8. The van der Waals surface area contributed by atoms with E-state index in [1.807, 2.05) is 24.3 Å². The first-order valence-corrected chi connectivity index (χ1v) is 9.77. The van der Waals surface area contributed by atoms with Crippen molar-refractivity contribution in [2.24, 2.45) is 7.05 Å². The maximum atomic E-state index is 12.6. The van der Waals surface area contributed by atoms with Crippen molar-refractivity contribution < 1.29 is 9.90 Å². The molecule has 1 atom stereocenters. The molecule has 1 N–H and O–H groups in total. The van der Waals surface area contributed by atoms with E-state index < -0.39 is 5.97 Å². The van der Waals surface area contributed by atoms with Crippen molar-refractivity contribution in [1.82, 2.24) is 14.5 Å². The van der Waals surface area contributed by atoms with E-state index in [0.29, 0.717) is 18.2 Å².